The lowest BCUT2D eigenvalue weighted by Gasteiger charge is -2.31. The Morgan fingerprint density at radius 2 is 2.28 bits per heavy atom. The van der Waals surface area contributed by atoms with Gasteiger partial charge in [-0.05, 0) is 45.7 Å². The summed E-state index contributed by atoms with van der Waals surface area (Å²) in [5.41, 5.74) is 5.11. The van der Waals surface area contributed by atoms with Crippen molar-refractivity contribution in [1.29, 1.82) is 0 Å². The van der Waals surface area contributed by atoms with Gasteiger partial charge in [-0.1, -0.05) is 0 Å². The van der Waals surface area contributed by atoms with Gasteiger partial charge in [0.25, 0.3) is 0 Å². The molecule has 0 aromatic rings. The molecule has 18 heavy (non-hydrogen) atoms. The van der Waals surface area contributed by atoms with Crippen molar-refractivity contribution in [2.24, 2.45) is 5.73 Å². The molecule has 0 saturated carbocycles. The molecule has 0 aromatic carbocycles. The van der Waals surface area contributed by atoms with E-state index in [1.54, 1.807) is 0 Å². The molecule has 2 rings (SSSR count). The molecule has 2 fully saturated rings. The Morgan fingerprint density at radius 1 is 1.44 bits per heavy atom. The van der Waals surface area contributed by atoms with Gasteiger partial charge in [0, 0.05) is 19.7 Å². The number of hydrogen-bond donors (Lipinski definition) is 2. The van der Waals surface area contributed by atoms with Crippen molar-refractivity contribution in [1.82, 2.24) is 10.2 Å². The van der Waals surface area contributed by atoms with Crippen molar-refractivity contribution in [2.45, 2.75) is 43.7 Å². The van der Waals surface area contributed by atoms with Crippen LogP contribution in [0.5, 0.6) is 0 Å². The number of nitrogens with zero attached hydrogens (tertiary/aromatic N) is 1. The molecule has 2 unspecified atom stereocenters. The largest absolute Gasteiger partial charge is 0.377 e. The lowest BCUT2D eigenvalue weighted by Crippen LogP contribution is -2.57. The molecular formula is C13H25N3O2. The quantitative estimate of drug-likeness (QED) is 0.747. The second kappa shape index (κ2) is 5.99. The highest BCUT2D eigenvalue weighted by molar-refractivity contribution is 5.84. The van der Waals surface area contributed by atoms with Crippen molar-refractivity contribution >= 4 is 5.91 Å². The third kappa shape index (κ3) is 3.22. The molecule has 2 aliphatic heterocycles. The molecular weight excluding hydrogens is 230 g/mol. The van der Waals surface area contributed by atoms with E-state index in [9.17, 15) is 4.79 Å². The van der Waals surface area contributed by atoms with Crippen molar-refractivity contribution in [3.05, 3.63) is 0 Å². The van der Waals surface area contributed by atoms with Gasteiger partial charge in [0.05, 0.1) is 11.6 Å². The van der Waals surface area contributed by atoms with Gasteiger partial charge in [0.2, 0.25) is 5.91 Å². The minimum absolute atomic E-state index is 0.212. The van der Waals surface area contributed by atoms with Crippen LogP contribution in [-0.4, -0.2) is 55.7 Å². The van der Waals surface area contributed by atoms with Crippen LogP contribution in [0.4, 0.5) is 0 Å². The van der Waals surface area contributed by atoms with E-state index in [1.165, 1.54) is 0 Å². The van der Waals surface area contributed by atoms with Crippen molar-refractivity contribution in [2.75, 3.05) is 33.3 Å². The van der Waals surface area contributed by atoms with Gasteiger partial charge in [-0.3, -0.25) is 4.79 Å². The van der Waals surface area contributed by atoms with Gasteiger partial charge in [0.15, 0.2) is 0 Å². The van der Waals surface area contributed by atoms with Gasteiger partial charge < -0.3 is 20.7 Å². The molecule has 5 nitrogen and oxygen atoms in total. The van der Waals surface area contributed by atoms with Crippen LogP contribution in [0.1, 0.15) is 32.1 Å². The summed E-state index contributed by atoms with van der Waals surface area (Å²) in [5, 5.41) is 3.41. The van der Waals surface area contributed by atoms with E-state index < -0.39 is 5.54 Å². The Morgan fingerprint density at radius 3 is 2.94 bits per heavy atom. The molecule has 2 heterocycles. The van der Waals surface area contributed by atoms with E-state index in [4.69, 9.17) is 10.5 Å². The first kappa shape index (κ1) is 13.8. The molecule has 5 heteroatoms. The molecule has 0 spiro atoms. The monoisotopic (exact) mass is 255 g/mol. The second-order valence-corrected chi connectivity index (χ2v) is 5.62. The number of likely N-dealkylation sites (tertiary alicyclic amines) is 1. The molecule has 0 aliphatic carbocycles. The van der Waals surface area contributed by atoms with Crippen LogP contribution >= 0.6 is 0 Å². The van der Waals surface area contributed by atoms with Gasteiger partial charge in [-0.2, -0.15) is 0 Å². The summed E-state index contributed by atoms with van der Waals surface area (Å²) in [7, 11) is 2.09. The molecule has 2 aliphatic rings. The zero-order valence-corrected chi connectivity index (χ0v) is 11.3. The Labute approximate surface area is 109 Å². The normalized spacial score (nSPS) is 34.4. The zero-order valence-electron chi connectivity index (χ0n) is 11.3. The Balaban J connectivity index is 1.94. The molecule has 3 N–H and O–H groups in total. The minimum atomic E-state index is -0.531. The third-order valence-corrected chi connectivity index (χ3v) is 4.23. The van der Waals surface area contributed by atoms with Crippen LogP contribution in [0.25, 0.3) is 0 Å². The molecule has 0 bridgehead atoms. The number of rotatable bonds is 4. The molecule has 2 saturated heterocycles. The Bertz CT molecular complexity index is 292. The number of amides is 1. The van der Waals surface area contributed by atoms with Crippen LogP contribution in [0.2, 0.25) is 0 Å². The average Bonchev–Trinajstić information content (AvgIpc) is 2.77. The lowest BCUT2D eigenvalue weighted by molar-refractivity contribution is -0.125. The molecule has 104 valence electrons. The molecule has 0 radical (unpaired) electrons. The van der Waals surface area contributed by atoms with Crippen LogP contribution in [0.15, 0.2) is 0 Å². The standard InChI is InChI=1S/C13H25N3O2/c1-16-7-3-5-13(6-8-16,12(14)17)15-10-11-4-2-9-18-11/h11,15H,2-10H2,1H3,(H2,14,17). The van der Waals surface area contributed by atoms with Gasteiger partial charge in [-0.15, -0.1) is 0 Å². The van der Waals surface area contributed by atoms with Crippen molar-refractivity contribution < 1.29 is 9.53 Å². The van der Waals surface area contributed by atoms with Crippen LogP contribution in [-0.2, 0) is 9.53 Å². The van der Waals surface area contributed by atoms with E-state index in [1.807, 2.05) is 0 Å². The summed E-state index contributed by atoms with van der Waals surface area (Å²) >= 11 is 0. The highest BCUT2D eigenvalue weighted by Crippen LogP contribution is 2.22. The zero-order chi connectivity index (χ0) is 13.0. The number of nitrogens with two attached hydrogens (primary N) is 1. The van der Waals surface area contributed by atoms with Crippen LogP contribution in [0.3, 0.4) is 0 Å². The lowest BCUT2D eigenvalue weighted by atomic mass is 9.89. The predicted molar refractivity (Wildman–Crippen MR) is 70.3 cm³/mol. The molecule has 2 atom stereocenters. The average molecular weight is 255 g/mol. The maximum atomic E-state index is 11.8. The first-order chi connectivity index (χ1) is 8.62. The summed E-state index contributed by atoms with van der Waals surface area (Å²) in [6.07, 6.45) is 5.10. The first-order valence-corrected chi connectivity index (χ1v) is 6.97. The minimum Gasteiger partial charge on any atom is -0.377 e. The Kier molecular flexibility index (Phi) is 4.59. The predicted octanol–water partition coefficient (Wildman–Crippen LogP) is 0.0948. The molecule has 0 aromatic heterocycles. The SMILES string of the molecule is CN1CCCC(NCC2CCCO2)(C(N)=O)CC1. The van der Waals surface area contributed by atoms with Gasteiger partial charge in [0.1, 0.15) is 0 Å². The van der Waals surface area contributed by atoms with Crippen molar-refractivity contribution in [3.63, 3.8) is 0 Å². The highest BCUT2D eigenvalue weighted by atomic mass is 16.5. The fourth-order valence-electron chi connectivity index (χ4n) is 2.89. The summed E-state index contributed by atoms with van der Waals surface area (Å²) in [6, 6.07) is 0. The van der Waals surface area contributed by atoms with Crippen LogP contribution < -0.4 is 11.1 Å². The van der Waals surface area contributed by atoms with Crippen LogP contribution in [0, 0.1) is 0 Å². The number of hydrogen-bond acceptors (Lipinski definition) is 4. The number of carbonyl (C=O) groups excluding carboxylic acids is 1. The van der Waals surface area contributed by atoms with Gasteiger partial charge in [-0.25, -0.2) is 0 Å². The summed E-state index contributed by atoms with van der Waals surface area (Å²) in [6.45, 7) is 3.55. The second-order valence-electron chi connectivity index (χ2n) is 5.62. The van der Waals surface area contributed by atoms with E-state index in [-0.39, 0.29) is 12.0 Å². The maximum absolute atomic E-state index is 11.8. The Hall–Kier alpha value is -0.650. The number of carbonyl (C=O) groups is 1. The molecule has 1 amide bonds. The van der Waals surface area contributed by atoms with E-state index in [2.05, 4.69) is 17.3 Å². The van der Waals surface area contributed by atoms with E-state index in [0.717, 1.165) is 58.3 Å². The van der Waals surface area contributed by atoms with E-state index >= 15 is 0 Å². The highest BCUT2D eigenvalue weighted by Gasteiger charge is 2.38. The van der Waals surface area contributed by atoms with Crippen molar-refractivity contribution in [3.8, 4) is 0 Å². The van der Waals surface area contributed by atoms with E-state index in [0.29, 0.717) is 0 Å². The fraction of sp³-hybridized carbons (Fsp3) is 0.923. The summed E-state index contributed by atoms with van der Waals surface area (Å²) in [4.78, 5) is 14.1. The smallest absolute Gasteiger partial charge is 0.237 e. The topological polar surface area (TPSA) is 67.6 Å². The summed E-state index contributed by atoms with van der Waals surface area (Å²) < 4.78 is 5.60. The number of ether oxygens (including phenoxy) is 1. The fourth-order valence-corrected chi connectivity index (χ4v) is 2.89. The van der Waals surface area contributed by atoms with Gasteiger partial charge >= 0.3 is 0 Å². The number of primary amides is 1. The number of nitrogens with one attached hydrogen (secondary N) is 1. The first-order valence-electron chi connectivity index (χ1n) is 6.97. The third-order valence-electron chi connectivity index (χ3n) is 4.23. The maximum Gasteiger partial charge on any atom is 0.237 e. The summed E-state index contributed by atoms with van der Waals surface area (Å²) in [5.74, 6) is -0.212.